The summed E-state index contributed by atoms with van der Waals surface area (Å²) < 4.78 is 2.31. The Labute approximate surface area is 149 Å². The van der Waals surface area contributed by atoms with E-state index in [2.05, 4.69) is 15.7 Å². The summed E-state index contributed by atoms with van der Waals surface area (Å²) in [6.45, 7) is 3.60. The SMILES string of the molecule is O=C1CCCN1CC(=O)N1CCC[C@H](c2nccn2CC2CCC2)C1. The Bertz CT molecular complexity index is 637. The highest BCUT2D eigenvalue weighted by Gasteiger charge is 2.30. The standard InChI is InChI=1S/C19H28N4O2/c24-17-7-3-10-22(17)14-18(25)21-9-2-6-16(13-21)19-20-8-11-23(19)12-15-4-1-5-15/h8,11,15-16H,1-7,9-10,12-14H2/t16-/m0/s1. The Balaban J connectivity index is 1.38. The lowest BCUT2D eigenvalue weighted by Gasteiger charge is -2.34. The summed E-state index contributed by atoms with van der Waals surface area (Å²) in [5.74, 6) is 2.48. The van der Waals surface area contributed by atoms with Gasteiger partial charge in [-0.15, -0.1) is 0 Å². The van der Waals surface area contributed by atoms with Crippen molar-refractivity contribution in [3.05, 3.63) is 18.2 Å². The van der Waals surface area contributed by atoms with E-state index in [4.69, 9.17) is 0 Å². The molecule has 1 aromatic rings. The number of hydrogen-bond acceptors (Lipinski definition) is 3. The average molecular weight is 344 g/mol. The molecular weight excluding hydrogens is 316 g/mol. The summed E-state index contributed by atoms with van der Waals surface area (Å²) in [5.41, 5.74) is 0. The van der Waals surface area contributed by atoms with Crippen molar-refractivity contribution in [3.8, 4) is 0 Å². The molecule has 136 valence electrons. The maximum Gasteiger partial charge on any atom is 0.242 e. The number of aromatic nitrogens is 2. The first-order chi connectivity index (χ1) is 12.2. The number of amides is 2. The van der Waals surface area contributed by atoms with Crippen molar-refractivity contribution in [1.82, 2.24) is 19.4 Å². The van der Waals surface area contributed by atoms with E-state index in [0.29, 0.717) is 12.3 Å². The molecule has 3 aliphatic rings. The predicted molar refractivity (Wildman–Crippen MR) is 93.9 cm³/mol. The molecule has 0 unspecified atom stereocenters. The van der Waals surface area contributed by atoms with Gasteiger partial charge in [0.1, 0.15) is 5.82 Å². The van der Waals surface area contributed by atoms with Gasteiger partial charge in [-0.05, 0) is 38.0 Å². The average Bonchev–Trinajstić information content (AvgIpc) is 3.20. The van der Waals surface area contributed by atoms with Crippen molar-refractivity contribution >= 4 is 11.8 Å². The molecule has 4 rings (SSSR count). The summed E-state index contributed by atoms with van der Waals surface area (Å²) in [7, 11) is 0. The minimum absolute atomic E-state index is 0.0945. The Kier molecular flexibility index (Phi) is 4.77. The molecule has 0 spiro atoms. The Morgan fingerprint density at radius 2 is 2.04 bits per heavy atom. The van der Waals surface area contributed by atoms with Gasteiger partial charge >= 0.3 is 0 Å². The van der Waals surface area contributed by atoms with Gasteiger partial charge < -0.3 is 14.4 Å². The minimum Gasteiger partial charge on any atom is -0.340 e. The maximum atomic E-state index is 12.6. The van der Waals surface area contributed by atoms with E-state index < -0.39 is 0 Å². The van der Waals surface area contributed by atoms with Crippen LogP contribution in [0, 0.1) is 5.92 Å². The molecule has 3 fully saturated rings. The fourth-order valence-corrected chi connectivity index (χ4v) is 4.34. The lowest BCUT2D eigenvalue weighted by atomic mass is 9.85. The van der Waals surface area contributed by atoms with Crippen LogP contribution in [-0.4, -0.2) is 57.3 Å². The van der Waals surface area contributed by atoms with Crippen LogP contribution in [0.1, 0.15) is 56.7 Å². The Hall–Kier alpha value is -1.85. The topological polar surface area (TPSA) is 58.4 Å². The number of piperidine rings is 1. The van der Waals surface area contributed by atoms with Gasteiger partial charge in [-0.2, -0.15) is 0 Å². The monoisotopic (exact) mass is 344 g/mol. The van der Waals surface area contributed by atoms with Crippen LogP contribution in [0.5, 0.6) is 0 Å². The van der Waals surface area contributed by atoms with Gasteiger partial charge in [-0.3, -0.25) is 9.59 Å². The van der Waals surface area contributed by atoms with Crippen molar-refractivity contribution in [3.63, 3.8) is 0 Å². The number of hydrogen-bond donors (Lipinski definition) is 0. The second kappa shape index (κ2) is 7.18. The van der Waals surface area contributed by atoms with Crippen LogP contribution in [0.2, 0.25) is 0 Å². The quantitative estimate of drug-likeness (QED) is 0.821. The third kappa shape index (κ3) is 3.58. The molecule has 2 aliphatic heterocycles. The number of rotatable bonds is 5. The van der Waals surface area contributed by atoms with Crippen molar-refractivity contribution < 1.29 is 9.59 Å². The predicted octanol–water partition coefficient (Wildman–Crippen LogP) is 2.01. The van der Waals surface area contributed by atoms with Gasteiger partial charge in [0.05, 0.1) is 6.54 Å². The summed E-state index contributed by atoms with van der Waals surface area (Å²) in [6.07, 6.45) is 11.6. The summed E-state index contributed by atoms with van der Waals surface area (Å²) in [5, 5.41) is 0. The van der Waals surface area contributed by atoms with Gasteiger partial charge in [-0.1, -0.05) is 6.42 Å². The molecule has 3 heterocycles. The molecule has 0 radical (unpaired) electrons. The second-order valence-electron chi connectivity index (χ2n) is 7.83. The first kappa shape index (κ1) is 16.6. The van der Waals surface area contributed by atoms with E-state index in [0.717, 1.165) is 57.2 Å². The second-order valence-corrected chi connectivity index (χ2v) is 7.83. The van der Waals surface area contributed by atoms with Crippen molar-refractivity contribution in [1.29, 1.82) is 0 Å². The molecule has 2 saturated heterocycles. The van der Waals surface area contributed by atoms with Crippen LogP contribution in [0.15, 0.2) is 12.4 Å². The third-order valence-corrected chi connectivity index (χ3v) is 6.06. The number of imidazole rings is 1. The fraction of sp³-hybridized carbons (Fsp3) is 0.737. The lowest BCUT2D eigenvalue weighted by Crippen LogP contribution is -2.45. The zero-order chi connectivity index (χ0) is 17.2. The minimum atomic E-state index is 0.0945. The van der Waals surface area contributed by atoms with Crippen molar-refractivity contribution in [2.75, 3.05) is 26.2 Å². The van der Waals surface area contributed by atoms with Crippen molar-refractivity contribution in [2.24, 2.45) is 5.92 Å². The van der Waals surface area contributed by atoms with Gasteiger partial charge in [0.25, 0.3) is 0 Å². The van der Waals surface area contributed by atoms with Crippen LogP contribution >= 0.6 is 0 Å². The van der Waals surface area contributed by atoms with Crippen LogP contribution < -0.4 is 0 Å². The molecule has 25 heavy (non-hydrogen) atoms. The zero-order valence-corrected chi connectivity index (χ0v) is 14.9. The van der Waals surface area contributed by atoms with Crippen LogP contribution in [0.3, 0.4) is 0 Å². The highest BCUT2D eigenvalue weighted by atomic mass is 16.2. The van der Waals surface area contributed by atoms with Crippen LogP contribution in [0.4, 0.5) is 0 Å². The van der Waals surface area contributed by atoms with E-state index in [1.54, 1.807) is 4.90 Å². The normalized spacial score (nSPS) is 24.6. The molecule has 1 aliphatic carbocycles. The number of carbonyl (C=O) groups is 2. The third-order valence-electron chi connectivity index (χ3n) is 6.06. The molecule has 6 heteroatoms. The first-order valence-corrected chi connectivity index (χ1v) is 9.77. The van der Waals surface area contributed by atoms with Gasteiger partial charge in [0.15, 0.2) is 0 Å². The fourth-order valence-electron chi connectivity index (χ4n) is 4.34. The van der Waals surface area contributed by atoms with Gasteiger partial charge in [0, 0.05) is 50.9 Å². The summed E-state index contributed by atoms with van der Waals surface area (Å²) >= 11 is 0. The van der Waals surface area contributed by atoms with Crippen LogP contribution in [-0.2, 0) is 16.1 Å². The molecule has 1 atom stereocenters. The molecule has 0 N–H and O–H groups in total. The molecule has 1 saturated carbocycles. The smallest absolute Gasteiger partial charge is 0.242 e. The number of likely N-dealkylation sites (tertiary alicyclic amines) is 2. The summed E-state index contributed by atoms with van der Waals surface area (Å²) in [4.78, 5) is 32.7. The molecular formula is C19H28N4O2. The van der Waals surface area contributed by atoms with Crippen molar-refractivity contribution in [2.45, 2.75) is 57.4 Å². The van der Waals surface area contributed by atoms with Crippen LogP contribution in [0.25, 0.3) is 0 Å². The van der Waals surface area contributed by atoms with E-state index >= 15 is 0 Å². The molecule has 2 amide bonds. The Morgan fingerprint density at radius 3 is 2.76 bits per heavy atom. The van der Waals surface area contributed by atoms with E-state index in [1.807, 2.05) is 11.1 Å². The van der Waals surface area contributed by atoms with Gasteiger partial charge in [0.2, 0.25) is 11.8 Å². The van der Waals surface area contributed by atoms with Gasteiger partial charge in [-0.25, -0.2) is 4.98 Å². The molecule has 1 aromatic heterocycles. The number of carbonyl (C=O) groups excluding carboxylic acids is 2. The highest BCUT2D eigenvalue weighted by Crippen LogP contribution is 2.31. The van der Waals surface area contributed by atoms with E-state index in [1.165, 1.54) is 19.3 Å². The maximum absolute atomic E-state index is 12.6. The van der Waals surface area contributed by atoms with E-state index in [9.17, 15) is 9.59 Å². The molecule has 0 bridgehead atoms. The largest absolute Gasteiger partial charge is 0.340 e. The highest BCUT2D eigenvalue weighted by molar-refractivity contribution is 5.86. The molecule has 0 aromatic carbocycles. The zero-order valence-electron chi connectivity index (χ0n) is 14.9. The first-order valence-electron chi connectivity index (χ1n) is 9.77. The molecule has 6 nitrogen and oxygen atoms in total. The summed E-state index contributed by atoms with van der Waals surface area (Å²) in [6, 6.07) is 0. The Morgan fingerprint density at radius 1 is 1.16 bits per heavy atom. The van der Waals surface area contributed by atoms with E-state index in [-0.39, 0.29) is 18.4 Å². The lowest BCUT2D eigenvalue weighted by molar-refractivity contribution is -0.139. The number of nitrogens with zero attached hydrogens (tertiary/aromatic N) is 4.